The van der Waals surface area contributed by atoms with Gasteiger partial charge in [0, 0.05) is 16.7 Å². The molecule has 3 unspecified atom stereocenters. The van der Waals surface area contributed by atoms with Crippen LogP contribution >= 0.6 is 11.6 Å². The highest BCUT2D eigenvalue weighted by molar-refractivity contribution is 6.80. The molecule has 3 fully saturated rings. The average molecular weight is 450 g/mol. The van der Waals surface area contributed by atoms with E-state index in [9.17, 15) is 15.0 Å². The van der Waals surface area contributed by atoms with E-state index in [2.05, 4.69) is 13.8 Å². The maximum absolute atomic E-state index is 11.9. The molecule has 4 aliphatic rings. The number of halogens is 1. The first-order chi connectivity index (χ1) is 13.9. The van der Waals surface area contributed by atoms with E-state index in [-0.39, 0.29) is 29.0 Å². The van der Waals surface area contributed by atoms with Gasteiger partial charge in [0.15, 0.2) is 5.78 Å². The van der Waals surface area contributed by atoms with Crippen LogP contribution in [-0.4, -0.2) is 41.0 Å². The van der Waals surface area contributed by atoms with Gasteiger partial charge in [0.1, 0.15) is 0 Å². The molecule has 0 aliphatic heterocycles. The predicted octanol–water partition coefficient (Wildman–Crippen LogP) is 3.85. The Balaban J connectivity index is 1.71. The van der Waals surface area contributed by atoms with E-state index in [1.807, 2.05) is 19.2 Å². The molecular formula is C23H32ClNO4Si. The van der Waals surface area contributed by atoms with Crippen LogP contribution in [0.5, 0.6) is 0 Å². The highest BCUT2D eigenvalue weighted by Crippen LogP contribution is 2.68. The van der Waals surface area contributed by atoms with Crippen molar-refractivity contribution in [3.8, 4) is 6.26 Å². The number of hydrogen-bond donors (Lipinski definition) is 2. The summed E-state index contributed by atoms with van der Waals surface area (Å²) < 4.78 is 5.37. The molecule has 0 amide bonds. The molecule has 164 valence electrons. The Kier molecular flexibility index (Phi) is 5.10. The molecule has 2 N–H and O–H groups in total. The summed E-state index contributed by atoms with van der Waals surface area (Å²) in [5, 5.41) is 31.8. The van der Waals surface area contributed by atoms with E-state index in [0.717, 1.165) is 24.8 Å². The second kappa shape index (κ2) is 6.93. The van der Waals surface area contributed by atoms with Crippen LogP contribution in [0.25, 0.3) is 0 Å². The largest absolute Gasteiger partial charge is 0.481 e. The molecule has 3 saturated carbocycles. The molecule has 5 nitrogen and oxygen atoms in total. The Morgan fingerprint density at radius 1 is 1.37 bits per heavy atom. The van der Waals surface area contributed by atoms with Gasteiger partial charge in [-0.15, -0.1) is 11.6 Å². The minimum absolute atomic E-state index is 0.0247. The summed E-state index contributed by atoms with van der Waals surface area (Å²) in [6.45, 7) is 7.96. The summed E-state index contributed by atoms with van der Waals surface area (Å²) in [5.74, 6) is 0.532. The van der Waals surface area contributed by atoms with Crippen molar-refractivity contribution in [2.45, 2.75) is 75.8 Å². The number of fused-ring (bicyclic) bond motifs is 5. The van der Waals surface area contributed by atoms with E-state index >= 15 is 0 Å². The second-order valence-corrected chi connectivity index (χ2v) is 15.6. The smallest absolute Gasteiger partial charge is 0.282 e. The van der Waals surface area contributed by atoms with Gasteiger partial charge in [-0.05, 0) is 69.2 Å². The van der Waals surface area contributed by atoms with Crippen molar-refractivity contribution >= 4 is 25.7 Å². The lowest BCUT2D eigenvalue weighted by molar-refractivity contribution is -0.160. The average Bonchev–Trinajstić information content (AvgIpc) is 2.93. The first kappa shape index (κ1) is 22.1. The van der Waals surface area contributed by atoms with Crippen LogP contribution in [0.2, 0.25) is 13.1 Å². The summed E-state index contributed by atoms with van der Waals surface area (Å²) in [6, 6.07) is 0. The van der Waals surface area contributed by atoms with Crippen molar-refractivity contribution in [2.24, 2.45) is 28.6 Å². The summed E-state index contributed by atoms with van der Waals surface area (Å²) in [4.78, 5) is 11.9. The van der Waals surface area contributed by atoms with E-state index in [1.54, 1.807) is 18.4 Å². The standard InChI is InChI=1S/C23H32ClNO4Si/c1-21-9-7-15(26)11-14(21)5-6-16-17-8-10-23(28,20(24)30(3,4)29-13-25)22(17,2)12-18(27)19(16)21/h7,9,11,16-20,27-28H,5-6,8,10,12H2,1-4H3/t16?,17?,18-,19?,20+,21-,22-,23-/m0/s1. The van der Waals surface area contributed by atoms with Gasteiger partial charge in [0.25, 0.3) is 14.6 Å². The zero-order chi connectivity index (χ0) is 22.1. The molecule has 0 spiro atoms. The molecule has 0 radical (unpaired) electrons. The molecule has 7 heteroatoms. The molecule has 0 aromatic carbocycles. The summed E-state index contributed by atoms with van der Waals surface area (Å²) in [6.07, 6.45) is 10.2. The van der Waals surface area contributed by atoms with Crippen molar-refractivity contribution in [2.75, 3.05) is 0 Å². The van der Waals surface area contributed by atoms with Crippen LogP contribution in [0.4, 0.5) is 0 Å². The fraction of sp³-hybridized carbons (Fsp3) is 0.739. The van der Waals surface area contributed by atoms with Gasteiger partial charge in [0.2, 0.25) is 0 Å². The Labute approximate surface area is 184 Å². The van der Waals surface area contributed by atoms with E-state index in [4.69, 9.17) is 21.3 Å². The maximum atomic E-state index is 11.9. The van der Waals surface area contributed by atoms with Gasteiger partial charge >= 0.3 is 0 Å². The molecule has 0 saturated heterocycles. The van der Waals surface area contributed by atoms with Crippen LogP contribution in [0, 0.1) is 40.1 Å². The number of ketones is 1. The van der Waals surface area contributed by atoms with Crippen molar-refractivity contribution in [3.63, 3.8) is 0 Å². The Morgan fingerprint density at radius 2 is 2.07 bits per heavy atom. The van der Waals surface area contributed by atoms with Gasteiger partial charge in [-0.1, -0.05) is 25.5 Å². The third-order valence-electron chi connectivity index (χ3n) is 9.05. The number of carbonyl (C=O) groups excluding carboxylic acids is 1. The van der Waals surface area contributed by atoms with E-state index in [1.165, 1.54) is 0 Å². The minimum atomic E-state index is -2.67. The highest BCUT2D eigenvalue weighted by Gasteiger charge is 2.69. The number of hydrogen-bond acceptors (Lipinski definition) is 5. The Hall–Kier alpha value is -1.13. The molecule has 0 aromatic heterocycles. The number of rotatable bonds is 3. The first-order valence-corrected chi connectivity index (χ1v) is 14.4. The summed E-state index contributed by atoms with van der Waals surface area (Å²) in [5.41, 5.74) is -0.933. The monoisotopic (exact) mass is 449 g/mol. The summed E-state index contributed by atoms with van der Waals surface area (Å²) in [7, 11) is -2.67. The van der Waals surface area contributed by atoms with Crippen LogP contribution in [0.1, 0.15) is 46.0 Å². The third kappa shape index (κ3) is 2.82. The number of aliphatic hydroxyl groups excluding tert-OH is 1. The number of nitriles is 1. The predicted molar refractivity (Wildman–Crippen MR) is 117 cm³/mol. The van der Waals surface area contributed by atoms with Gasteiger partial charge < -0.3 is 14.6 Å². The summed E-state index contributed by atoms with van der Waals surface area (Å²) >= 11 is 6.88. The SMILES string of the molecule is C[C@]12C=CC(=O)C=C1CCC1C2[C@@H](O)C[C@@]2(C)C1CC[C@]2(O)[C@H](Cl)[Si](C)(C)OC#N. The minimum Gasteiger partial charge on any atom is -0.481 e. The van der Waals surface area contributed by atoms with Crippen molar-refractivity contribution in [3.05, 3.63) is 23.8 Å². The molecule has 4 aliphatic carbocycles. The van der Waals surface area contributed by atoms with Gasteiger partial charge in [-0.25, -0.2) is 0 Å². The van der Waals surface area contributed by atoms with E-state index in [0.29, 0.717) is 12.8 Å². The molecule has 0 bridgehead atoms. The maximum Gasteiger partial charge on any atom is 0.282 e. The van der Waals surface area contributed by atoms with Crippen LogP contribution < -0.4 is 0 Å². The molecule has 0 aromatic rings. The topological polar surface area (TPSA) is 90.6 Å². The third-order valence-corrected chi connectivity index (χ3v) is 13.3. The number of nitrogens with zero attached hydrogens (tertiary/aromatic N) is 1. The molecular weight excluding hydrogens is 418 g/mol. The molecule has 8 atom stereocenters. The first-order valence-electron chi connectivity index (χ1n) is 11.0. The fourth-order valence-corrected chi connectivity index (χ4v) is 9.98. The molecule has 30 heavy (non-hydrogen) atoms. The van der Waals surface area contributed by atoms with Gasteiger partial charge in [0.05, 0.1) is 16.7 Å². The number of aliphatic hydroxyl groups is 2. The lowest BCUT2D eigenvalue weighted by atomic mass is 9.46. The van der Waals surface area contributed by atoms with Crippen LogP contribution in [-0.2, 0) is 9.22 Å². The van der Waals surface area contributed by atoms with Gasteiger partial charge in [-0.2, -0.15) is 5.26 Å². The lowest BCUT2D eigenvalue weighted by Gasteiger charge is -2.60. The van der Waals surface area contributed by atoms with Crippen molar-refractivity contribution < 1.29 is 19.4 Å². The van der Waals surface area contributed by atoms with Crippen molar-refractivity contribution in [1.29, 1.82) is 5.26 Å². The van der Waals surface area contributed by atoms with Crippen molar-refractivity contribution in [1.82, 2.24) is 0 Å². The highest BCUT2D eigenvalue weighted by atomic mass is 35.5. The molecule has 0 heterocycles. The van der Waals surface area contributed by atoms with E-state index < -0.39 is 30.4 Å². The van der Waals surface area contributed by atoms with Crippen LogP contribution in [0.15, 0.2) is 23.8 Å². The van der Waals surface area contributed by atoms with Crippen LogP contribution in [0.3, 0.4) is 0 Å². The zero-order valence-electron chi connectivity index (χ0n) is 18.2. The zero-order valence-corrected chi connectivity index (χ0v) is 19.9. The fourth-order valence-electron chi connectivity index (χ4n) is 7.52. The second-order valence-electron chi connectivity index (χ2n) is 10.8. The lowest BCUT2D eigenvalue weighted by Crippen LogP contribution is -2.65. The normalized spacial score (nSPS) is 46.2. The Bertz CT molecular complexity index is 866. The number of allylic oxidation sites excluding steroid dienone is 4. The quantitative estimate of drug-likeness (QED) is 0.388. The number of carbonyl (C=O) groups is 1. The Morgan fingerprint density at radius 3 is 2.73 bits per heavy atom. The molecule has 4 rings (SSSR count). The van der Waals surface area contributed by atoms with Gasteiger partial charge in [-0.3, -0.25) is 4.79 Å². The number of alkyl halides is 1.